The average molecular weight is 491 g/mol. The second-order valence-electron chi connectivity index (χ2n) is 8.65. The monoisotopic (exact) mass is 490 g/mol. The number of halogens is 1. The molecule has 1 aromatic heterocycles. The highest BCUT2D eigenvalue weighted by Crippen LogP contribution is 2.47. The van der Waals surface area contributed by atoms with E-state index in [2.05, 4.69) is 4.98 Å². The van der Waals surface area contributed by atoms with Gasteiger partial charge in [0.2, 0.25) is 5.54 Å². The van der Waals surface area contributed by atoms with Crippen molar-refractivity contribution in [1.82, 2.24) is 9.88 Å². The van der Waals surface area contributed by atoms with Crippen molar-refractivity contribution >= 4 is 40.5 Å². The zero-order chi connectivity index (χ0) is 24.9. The van der Waals surface area contributed by atoms with Crippen molar-refractivity contribution in [2.45, 2.75) is 25.8 Å². The Kier molecular flexibility index (Phi) is 5.52. The van der Waals surface area contributed by atoms with E-state index in [-0.39, 0.29) is 29.1 Å². The number of phenolic OH excluding ortho intramolecular Hbond substituents is 1. The molecule has 5 rings (SSSR count). The summed E-state index contributed by atoms with van der Waals surface area (Å²) in [6, 6.07) is 10.5. The number of Topliss-reactive ketones (excluding diaryl/α,β-unsaturated/α-hetero) is 1. The number of carbonyl (C=O) groups excluding carboxylic acids is 3. The first-order valence-corrected chi connectivity index (χ1v) is 11.7. The zero-order valence-electron chi connectivity index (χ0n) is 19.2. The Hall–Kier alpha value is -3.84. The lowest BCUT2D eigenvalue weighted by atomic mass is 9.76. The van der Waals surface area contributed by atoms with Crippen LogP contribution in [0.1, 0.15) is 34.1 Å². The Balaban J connectivity index is 1.71. The van der Waals surface area contributed by atoms with Gasteiger partial charge in [0.15, 0.2) is 5.78 Å². The molecule has 0 bridgehead atoms. The van der Waals surface area contributed by atoms with Crippen LogP contribution in [-0.4, -0.2) is 46.2 Å². The summed E-state index contributed by atoms with van der Waals surface area (Å²) in [5, 5.41) is 11.7. The number of allylic oxidation sites excluding steroid dienone is 2. The predicted molar refractivity (Wildman–Crippen MR) is 131 cm³/mol. The van der Waals surface area contributed by atoms with Crippen LogP contribution >= 0.6 is 11.6 Å². The number of rotatable bonds is 5. The number of nitrogens with one attached hydrogen (secondary N) is 1. The van der Waals surface area contributed by atoms with Crippen LogP contribution in [0.2, 0.25) is 5.02 Å². The number of aromatic amines is 1. The normalized spacial score (nSPS) is 18.9. The standard InChI is InChI=1S/C27H23ClN2O5/c1-3-35-26(34)27-17(14-31)11-16(24(33)20-12-21(28)15(2)10-23(20)32)13-30(27)9-8-19-18-6-4-5-7-22(18)29-25(19)27/h4-7,10-14,29,32H,3,8-9H2,1-2H3. The van der Waals surface area contributed by atoms with Crippen molar-refractivity contribution in [3.05, 3.63) is 87.2 Å². The number of phenols is 1. The third-order valence-electron chi connectivity index (χ3n) is 6.71. The van der Waals surface area contributed by atoms with Gasteiger partial charge in [0, 0.05) is 39.8 Å². The van der Waals surface area contributed by atoms with Gasteiger partial charge in [-0.15, -0.1) is 0 Å². The maximum atomic E-state index is 13.6. The molecule has 2 aliphatic rings. The number of hydrogen-bond donors (Lipinski definition) is 2. The third-order valence-corrected chi connectivity index (χ3v) is 7.12. The second-order valence-corrected chi connectivity index (χ2v) is 9.06. The van der Waals surface area contributed by atoms with E-state index in [1.807, 2.05) is 24.3 Å². The molecule has 2 aromatic carbocycles. The molecule has 1 atom stereocenters. The molecule has 178 valence electrons. The number of fused-ring (bicyclic) bond motifs is 5. The lowest BCUT2D eigenvalue weighted by Gasteiger charge is -2.46. The number of aldehydes is 1. The summed E-state index contributed by atoms with van der Waals surface area (Å²) >= 11 is 6.20. The first kappa shape index (κ1) is 22.9. The Morgan fingerprint density at radius 1 is 1.29 bits per heavy atom. The van der Waals surface area contributed by atoms with Crippen molar-refractivity contribution < 1.29 is 24.2 Å². The number of ether oxygens (including phenoxy) is 1. The molecular weight excluding hydrogens is 468 g/mol. The smallest absolute Gasteiger partial charge is 0.343 e. The number of aryl methyl sites for hydroxylation is 1. The van der Waals surface area contributed by atoms with E-state index in [9.17, 15) is 19.5 Å². The molecule has 0 saturated carbocycles. The van der Waals surface area contributed by atoms with Gasteiger partial charge < -0.3 is 19.7 Å². The molecule has 3 heterocycles. The Morgan fingerprint density at radius 3 is 2.80 bits per heavy atom. The molecule has 35 heavy (non-hydrogen) atoms. The second kappa shape index (κ2) is 8.43. The fraction of sp³-hybridized carbons (Fsp3) is 0.222. The van der Waals surface area contributed by atoms with Crippen molar-refractivity contribution in [3.63, 3.8) is 0 Å². The summed E-state index contributed by atoms with van der Waals surface area (Å²) in [6.45, 7) is 3.92. The van der Waals surface area contributed by atoms with Crippen LogP contribution in [0.25, 0.3) is 10.9 Å². The number of H-pyrrole nitrogens is 1. The number of hydrogen-bond acceptors (Lipinski definition) is 6. The molecular formula is C27H23ClN2O5. The van der Waals surface area contributed by atoms with Crippen LogP contribution in [0, 0.1) is 6.92 Å². The molecule has 0 saturated heterocycles. The van der Waals surface area contributed by atoms with Crippen LogP contribution in [0.4, 0.5) is 0 Å². The van der Waals surface area contributed by atoms with Gasteiger partial charge in [-0.1, -0.05) is 29.8 Å². The van der Waals surface area contributed by atoms with E-state index in [1.54, 1.807) is 24.9 Å². The summed E-state index contributed by atoms with van der Waals surface area (Å²) in [7, 11) is 0. The average Bonchev–Trinajstić information content (AvgIpc) is 3.24. The molecule has 0 radical (unpaired) electrons. The van der Waals surface area contributed by atoms with Gasteiger partial charge in [-0.05, 0) is 55.7 Å². The van der Waals surface area contributed by atoms with Gasteiger partial charge in [-0.2, -0.15) is 0 Å². The number of aromatic nitrogens is 1. The molecule has 1 unspecified atom stereocenters. The Labute approximate surface area is 206 Å². The van der Waals surface area contributed by atoms with Gasteiger partial charge >= 0.3 is 5.97 Å². The quantitative estimate of drug-likeness (QED) is 0.313. The van der Waals surface area contributed by atoms with Gasteiger partial charge in [-0.3, -0.25) is 9.59 Å². The van der Waals surface area contributed by atoms with E-state index in [1.165, 1.54) is 18.2 Å². The highest BCUT2D eigenvalue weighted by molar-refractivity contribution is 6.32. The van der Waals surface area contributed by atoms with Crippen LogP contribution in [0.5, 0.6) is 5.75 Å². The number of ketones is 1. The molecule has 0 fully saturated rings. The molecule has 2 aliphatic heterocycles. The first-order valence-electron chi connectivity index (χ1n) is 11.3. The zero-order valence-corrected chi connectivity index (χ0v) is 20.0. The highest BCUT2D eigenvalue weighted by atomic mass is 35.5. The van der Waals surface area contributed by atoms with Crippen LogP contribution in [0.15, 0.2) is 59.8 Å². The topological polar surface area (TPSA) is 99.7 Å². The molecule has 8 heteroatoms. The number of esters is 1. The number of benzene rings is 2. The van der Waals surface area contributed by atoms with Crippen molar-refractivity contribution in [1.29, 1.82) is 0 Å². The molecule has 3 aromatic rings. The van der Waals surface area contributed by atoms with Crippen molar-refractivity contribution in [3.8, 4) is 5.75 Å². The minimum Gasteiger partial charge on any atom is -0.507 e. The van der Waals surface area contributed by atoms with E-state index < -0.39 is 17.3 Å². The van der Waals surface area contributed by atoms with E-state index in [0.29, 0.717) is 35.5 Å². The molecule has 0 spiro atoms. The fourth-order valence-corrected chi connectivity index (χ4v) is 5.24. The highest BCUT2D eigenvalue weighted by Gasteiger charge is 2.55. The lowest BCUT2D eigenvalue weighted by molar-refractivity contribution is -0.156. The molecule has 7 nitrogen and oxygen atoms in total. The van der Waals surface area contributed by atoms with Gasteiger partial charge in [0.05, 0.1) is 17.9 Å². The summed E-state index contributed by atoms with van der Waals surface area (Å²) in [5.74, 6) is -1.32. The Bertz CT molecular complexity index is 1470. The summed E-state index contributed by atoms with van der Waals surface area (Å²) in [4.78, 5) is 44.5. The maximum Gasteiger partial charge on any atom is 0.343 e. The number of aromatic hydroxyl groups is 1. The van der Waals surface area contributed by atoms with Gasteiger partial charge in [-0.25, -0.2) is 4.79 Å². The maximum absolute atomic E-state index is 13.6. The first-order chi connectivity index (χ1) is 16.8. The summed E-state index contributed by atoms with van der Waals surface area (Å²) < 4.78 is 5.48. The number of nitrogens with zero attached hydrogens (tertiary/aromatic N) is 1. The number of carbonyl (C=O) groups is 3. The summed E-state index contributed by atoms with van der Waals surface area (Å²) in [6.07, 6.45) is 4.14. The van der Waals surface area contributed by atoms with Crippen molar-refractivity contribution in [2.75, 3.05) is 13.2 Å². The van der Waals surface area contributed by atoms with E-state index >= 15 is 0 Å². The van der Waals surface area contributed by atoms with E-state index in [0.717, 1.165) is 16.5 Å². The van der Waals surface area contributed by atoms with Crippen molar-refractivity contribution in [2.24, 2.45) is 0 Å². The Morgan fingerprint density at radius 2 is 2.06 bits per heavy atom. The fourth-order valence-electron chi connectivity index (χ4n) is 5.08. The SMILES string of the molecule is CCOC(=O)C12C(C=O)=CC(C(=O)c3cc(Cl)c(C)cc3O)=CN1CCc1c2[nH]c2ccccc12. The van der Waals surface area contributed by atoms with Crippen LogP contribution in [-0.2, 0) is 26.3 Å². The summed E-state index contributed by atoms with van der Waals surface area (Å²) in [5.41, 5.74) is 1.66. The van der Waals surface area contributed by atoms with Crippen LogP contribution < -0.4 is 0 Å². The molecule has 0 amide bonds. The lowest BCUT2D eigenvalue weighted by Crippen LogP contribution is -2.57. The van der Waals surface area contributed by atoms with Gasteiger partial charge in [0.25, 0.3) is 0 Å². The van der Waals surface area contributed by atoms with E-state index in [4.69, 9.17) is 16.3 Å². The molecule has 0 aliphatic carbocycles. The number of para-hydroxylation sites is 1. The van der Waals surface area contributed by atoms with Crippen LogP contribution in [0.3, 0.4) is 0 Å². The predicted octanol–water partition coefficient (Wildman–Crippen LogP) is 4.36. The molecule has 2 N–H and O–H groups in total. The minimum absolute atomic E-state index is 0.0142. The minimum atomic E-state index is -1.55. The third kappa shape index (κ3) is 3.30. The van der Waals surface area contributed by atoms with Gasteiger partial charge in [0.1, 0.15) is 12.0 Å². The largest absolute Gasteiger partial charge is 0.507 e.